The summed E-state index contributed by atoms with van der Waals surface area (Å²) in [4.78, 5) is 20.9. The summed E-state index contributed by atoms with van der Waals surface area (Å²) < 4.78 is 5.79. The number of nitrogens with two attached hydrogens (primary N) is 1. The van der Waals surface area contributed by atoms with Crippen LogP contribution in [0.4, 0.5) is 5.82 Å². The molecular weight excluding hydrogens is 348 g/mol. The molecule has 3 N–H and O–H groups in total. The summed E-state index contributed by atoms with van der Waals surface area (Å²) in [5, 5.41) is 6.57. The van der Waals surface area contributed by atoms with Crippen LogP contribution >= 0.6 is 11.3 Å². The van der Waals surface area contributed by atoms with Gasteiger partial charge in [0.2, 0.25) is 5.91 Å². The third kappa shape index (κ3) is 3.54. The van der Waals surface area contributed by atoms with Gasteiger partial charge in [0.25, 0.3) is 0 Å². The van der Waals surface area contributed by atoms with Crippen molar-refractivity contribution in [1.82, 2.24) is 9.97 Å². The molecule has 1 fully saturated rings. The van der Waals surface area contributed by atoms with Crippen molar-refractivity contribution < 1.29 is 9.53 Å². The highest BCUT2D eigenvalue weighted by atomic mass is 32.1. The van der Waals surface area contributed by atoms with E-state index in [1.807, 2.05) is 18.2 Å². The minimum absolute atomic E-state index is 0.0585. The number of carbonyl (C=O) groups excluding carboxylic acids is 1. The number of hydrogen-bond donors (Lipinski definition) is 2. The van der Waals surface area contributed by atoms with Gasteiger partial charge in [-0.1, -0.05) is 30.3 Å². The number of nitrogens with one attached hydrogen (secondary N) is 1. The highest BCUT2D eigenvalue weighted by Gasteiger charge is 2.26. The molecule has 0 radical (unpaired) electrons. The number of amides is 1. The van der Waals surface area contributed by atoms with Crippen molar-refractivity contribution in [3.8, 4) is 11.1 Å². The molecule has 134 valence electrons. The highest BCUT2D eigenvalue weighted by Crippen LogP contribution is 2.36. The topological polar surface area (TPSA) is 90.1 Å². The van der Waals surface area contributed by atoms with Gasteiger partial charge in [-0.25, -0.2) is 9.97 Å². The van der Waals surface area contributed by atoms with Crippen LogP contribution in [0, 0.1) is 5.92 Å². The van der Waals surface area contributed by atoms with Gasteiger partial charge in [-0.3, -0.25) is 4.79 Å². The van der Waals surface area contributed by atoms with E-state index in [0.29, 0.717) is 19.6 Å². The average Bonchev–Trinajstić information content (AvgIpc) is 3.27. The molecular formula is C19H20N4O2S. The third-order valence-electron chi connectivity index (χ3n) is 4.61. The maximum absolute atomic E-state index is 11.1. The van der Waals surface area contributed by atoms with Crippen molar-refractivity contribution in [3.63, 3.8) is 0 Å². The van der Waals surface area contributed by atoms with Gasteiger partial charge in [0.1, 0.15) is 17.0 Å². The Balaban J connectivity index is 1.52. The number of aromatic nitrogens is 2. The van der Waals surface area contributed by atoms with E-state index in [1.165, 1.54) is 0 Å². The maximum Gasteiger partial charge on any atom is 0.217 e. The van der Waals surface area contributed by atoms with Crippen molar-refractivity contribution in [2.75, 3.05) is 18.5 Å². The number of anilines is 1. The second-order valence-electron chi connectivity index (χ2n) is 6.53. The van der Waals surface area contributed by atoms with Crippen molar-refractivity contribution in [3.05, 3.63) is 42.0 Å². The SMILES string of the molecule is NC(=O)CC1COC(CNc2ncnc3scc(-c4ccccc4)c23)C1. The fourth-order valence-corrected chi connectivity index (χ4v) is 4.31. The van der Waals surface area contributed by atoms with Crippen LogP contribution in [-0.2, 0) is 9.53 Å². The number of thiophene rings is 1. The number of ether oxygens (including phenoxy) is 1. The summed E-state index contributed by atoms with van der Waals surface area (Å²) in [6, 6.07) is 10.2. The lowest BCUT2D eigenvalue weighted by Crippen LogP contribution is -2.20. The van der Waals surface area contributed by atoms with Gasteiger partial charge >= 0.3 is 0 Å². The van der Waals surface area contributed by atoms with E-state index < -0.39 is 0 Å². The smallest absolute Gasteiger partial charge is 0.217 e. The van der Waals surface area contributed by atoms with E-state index >= 15 is 0 Å². The molecule has 1 aromatic carbocycles. The number of fused-ring (bicyclic) bond motifs is 1. The Hall–Kier alpha value is -2.51. The van der Waals surface area contributed by atoms with Crippen molar-refractivity contribution in [2.24, 2.45) is 11.7 Å². The Morgan fingerprint density at radius 3 is 2.96 bits per heavy atom. The highest BCUT2D eigenvalue weighted by molar-refractivity contribution is 7.17. The molecule has 1 amide bonds. The van der Waals surface area contributed by atoms with E-state index in [2.05, 4.69) is 32.8 Å². The molecule has 0 spiro atoms. The van der Waals surface area contributed by atoms with Crippen LogP contribution in [0.15, 0.2) is 42.0 Å². The largest absolute Gasteiger partial charge is 0.376 e. The van der Waals surface area contributed by atoms with Gasteiger partial charge in [0.05, 0.1) is 18.1 Å². The maximum atomic E-state index is 11.1. The Bertz CT molecular complexity index is 912. The first-order chi connectivity index (χ1) is 12.7. The van der Waals surface area contributed by atoms with E-state index in [-0.39, 0.29) is 17.9 Å². The normalized spacial score (nSPS) is 19.7. The predicted molar refractivity (Wildman–Crippen MR) is 103 cm³/mol. The number of hydrogen-bond acceptors (Lipinski definition) is 6. The van der Waals surface area contributed by atoms with E-state index in [1.54, 1.807) is 17.7 Å². The molecule has 0 saturated carbocycles. The first-order valence-electron chi connectivity index (χ1n) is 8.62. The summed E-state index contributed by atoms with van der Waals surface area (Å²) in [6.45, 7) is 1.23. The Morgan fingerprint density at radius 2 is 2.15 bits per heavy atom. The zero-order chi connectivity index (χ0) is 17.9. The Morgan fingerprint density at radius 1 is 1.31 bits per heavy atom. The molecule has 1 saturated heterocycles. The first kappa shape index (κ1) is 16.9. The minimum Gasteiger partial charge on any atom is -0.376 e. The third-order valence-corrected chi connectivity index (χ3v) is 5.49. The van der Waals surface area contributed by atoms with Crippen LogP contribution in [-0.4, -0.2) is 35.1 Å². The molecule has 6 nitrogen and oxygen atoms in total. The van der Waals surface area contributed by atoms with Gasteiger partial charge in [0, 0.05) is 23.9 Å². The molecule has 3 aromatic rings. The van der Waals surface area contributed by atoms with E-state index in [0.717, 1.165) is 33.6 Å². The van der Waals surface area contributed by atoms with Crippen LogP contribution in [0.25, 0.3) is 21.3 Å². The molecule has 7 heteroatoms. The van der Waals surface area contributed by atoms with E-state index in [9.17, 15) is 4.79 Å². The van der Waals surface area contributed by atoms with Crippen LogP contribution in [0.2, 0.25) is 0 Å². The monoisotopic (exact) mass is 368 g/mol. The van der Waals surface area contributed by atoms with E-state index in [4.69, 9.17) is 10.5 Å². The average molecular weight is 368 g/mol. The lowest BCUT2D eigenvalue weighted by Gasteiger charge is -2.13. The summed E-state index contributed by atoms with van der Waals surface area (Å²) in [5.41, 5.74) is 7.56. The van der Waals surface area contributed by atoms with Gasteiger partial charge < -0.3 is 15.8 Å². The summed E-state index contributed by atoms with van der Waals surface area (Å²) in [5.74, 6) is 0.762. The minimum atomic E-state index is -0.268. The van der Waals surface area contributed by atoms with Crippen LogP contribution in [0.5, 0.6) is 0 Å². The van der Waals surface area contributed by atoms with Gasteiger partial charge in [0.15, 0.2) is 0 Å². The zero-order valence-corrected chi connectivity index (χ0v) is 15.0. The lowest BCUT2D eigenvalue weighted by molar-refractivity contribution is -0.118. The quantitative estimate of drug-likeness (QED) is 0.698. The van der Waals surface area contributed by atoms with Crippen LogP contribution in [0.1, 0.15) is 12.8 Å². The molecule has 2 atom stereocenters. The second-order valence-corrected chi connectivity index (χ2v) is 7.38. The fraction of sp³-hybridized carbons (Fsp3) is 0.316. The Kier molecular flexibility index (Phi) is 4.81. The second kappa shape index (κ2) is 7.39. The van der Waals surface area contributed by atoms with Crippen LogP contribution in [0.3, 0.4) is 0 Å². The van der Waals surface area contributed by atoms with Gasteiger partial charge in [-0.15, -0.1) is 11.3 Å². The summed E-state index contributed by atoms with van der Waals surface area (Å²) in [6.07, 6.45) is 2.86. The predicted octanol–water partition coefficient (Wildman–Crippen LogP) is 3.05. The standard InChI is InChI=1S/C19H20N4O2S/c20-16(24)7-12-6-14(25-9-12)8-21-18-17-15(13-4-2-1-3-5-13)10-26-19(17)23-11-22-18/h1-5,10-12,14H,6-9H2,(H2,20,24)(H,21,22,23). The first-order valence-corrected chi connectivity index (χ1v) is 9.50. The zero-order valence-electron chi connectivity index (χ0n) is 14.2. The van der Waals surface area contributed by atoms with Crippen molar-refractivity contribution in [2.45, 2.75) is 18.9 Å². The Labute approximate surface area is 155 Å². The number of benzene rings is 1. The molecule has 26 heavy (non-hydrogen) atoms. The fourth-order valence-electron chi connectivity index (χ4n) is 3.40. The number of carbonyl (C=O) groups is 1. The summed E-state index contributed by atoms with van der Waals surface area (Å²) >= 11 is 1.61. The van der Waals surface area contributed by atoms with Crippen molar-refractivity contribution in [1.29, 1.82) is 0 Å². The molecule has 2 aromatic heterocycles. The van der Waals surface area contributed by atoms with Gasteiger partial charge in [-0.05, 0) is 17.9 Å². The number of nitrogens with zero attached hydrogens (tertiary/aromatic N) is 2. The number of primary amides is 1. The summed E-state index contributed by atoms with van der Waals surface area (Å²) in [7, 11) is 0. The molecule has 1 aliphatic heterocycles. The molecule has 4 rings (SSSR count). The molecule has 0 aliphatic carbocycles. The molecule has 1 aliphatic rings. The molecule has 3 heterocycles. The molecule has 0 bridgehead atoms. The molecule has 2 unspecified atom stereocenters. The van der Waals surface area contributed by atoms with Crippen LogP contribution < -0.4 is 11.1 Å². The van der Waals surface area contributed by atoms with Gasteiger partial charge in [-0.2, -0.15) is 0 Å². The van der Waals surface area contributed by atoms with Crippen molar-refractivity contribution >= 4 is 33.3 Å². The lowest BCUT2D eigenvalue weighted by atomic mass is 10.0. The number of rotatable bonds is 6.